The number of rotatable bonds is 5. The molecule has 1 fully saturated rings. The molecule has 1 aliphatic rings. The first-order valence-electron chi connectivity index (χ1n) is 6.26. The second-order valence-electron chi connectivity index (χ2n) is 4.51. The van der Waals surface area contributed by atoms with Crippen LogP contribution in [0.2, 0.25) is 0 Å². The zero-order valence-corrected chi connectivity index (χ0v) is 11.5. The van der Waals surface area contributed by atoms with Crippen LogP contribution in [0.15, 0.2) is 12.1 Å². The minimum absolute atomic E-state index is 0.0304. The summed E-state index contributed by atoms with van der Waals surface area (Å²) in [5.74, 6) is 1.96. The maximum Gasteiger partial charge on any atom is 0.223 e. The number of hydrogen-bond acceptors (Lipinski definition) is 4. The van der Waals surface area contributed by atoms with E-state index in [0.29, 0.717) is 23.7 Å². The van der Waals surface area contributed by atoms with Crippen molar-refractivity contribution in [1.82, 2.24) is 5.32 Å². The van der Waals surface area contributed by atoms with E-state index in [-0.39, 0.29) is 11.8 Å². The summed E-state index contributed by atoms with van der Waals surface area (Å²) in [5, 5.41) is 2.84. The maximum atomic E-state index is 11.6. The lowest BCUT2D eigenvalue weighted by Crippen LogP contribution is -2.20. The number of hydrogen-bond donors (Lipinski definition) is 1. The van der Waals surface area contributed by atoms with Gasteiger partial charge in [-0.25, -0.2) is 0 Å². The van der Waals surface area contributed by atoms with Gasteiger partial charge < -0.3 is 19.5 Å². The molecule has 104 valence electrons. The Morgan fingerprint density at radius 2 is 1.79 bits per heavy atom. The van der Waals surface area contributed by atoms with Gasteiger partial charge in [-0.15, -0.1) is 0 Å². The highest BCUT2D eigenvalue weighted by molar-refractivity contribution is 5.80. The minimum atomic E-state index is 0.0304. The van der Waals surface area contributed by atoms with Crippen LogP contribution in [-0.2, 0) is 11.2 Å². The predicted octanol–water partition coefficient (Wildman–Crippen LogP) is 1.39. The Hall–Kier alpha value is -1.91. The summed E-state index contributed by atoms with van der Waals surface area (Å²) in [6, 6.07) is 3.79. The first kappa shape index (κ1) is 13.5. The molecule has 0 aromatic heterocycles. The molecule has 2 rings (SSSR count). The molecule has 1 saturated heterocycles. The van der Waals surface area contributed by atoms with Gasteiger partial charge in [0.05, 0.1) is 21.3 Å². The van der Waals surface area contributed by atoms with Crippen molar-refractivity contribution in [3.63, 3.8) is 0 Å². The molecule has 1 aliphatic heterocycles. The monoisotopic (exact) mass is 265 g/mol. The quantitative estimate of drug-likeness (QED) is 0.874. The van der Waals surface area contributed by atoms with Crippen molar-refractivity contribution >= 4 is 5.91 Å². The van der Waals surface area contributed by atoms with Gasteiger partial charge >= 0.3 is 0 Å². The van der Waals surface area contributed by atoms with E-state index < -0.39 is 0 Å². The summed E-state index contributed by atoms with van der Waals surface area (Å²) in [4.78, 5) is 11.6. The number of ether oxygens (including phenoxy) is 3. The molecular formula is C14H19NO4. The Kier molecular flexibility index (Phi) is 4.14. The molecule has 5 heteroatoms. The first-order chi connectivity index (χ1) is 9.19. The SMILES string of the molecule is COc1cc(C[C@H]2CCNC2=O)cc(OC)c1OC. The van der Waals surface area contributed by atoms with Crippen LogP contribution in [0.5, 0.6) is 17.2 Å². The van der Waals surface area contributed by atoms with E-state index in [2.05, 4.69) is 5.32 Å². The number of carbonyl (C=O) groups is 1. The summed E-state index contributed by atoms with van der Waals surface area (Å²) in [6.07, 6.45) is 1.55. The van der Waals surface area contributed by atoms with Crippen LogP contribution in [0.4, 0.5) is 0 Å². The standard InChI is InChI=1S/C14H19NO4/c1-17-11-7-9(6-10-4-5-15-14(10)16)8-12(18-2)13(11)19-3/h7-8,10H,4-6H2,1-3H3,(H,15,16)/t10-/m1/s1. The lowest BCUT2D eigenvalue weighted by atomic mass is 9.97. The van der Waals surface area contributed by atoms with Gasteiger partial charge in [0.25, 0.3) is 0 Å². The van der Waals surface area contributed by atoms with E-state index in [1.165, 1.54) is 0 Å². The van der Waals surface area contributed by atoms with Crippen molar-refractivity contribution in [2.24, 2.45) is 5.92 Å². The smallest absolute Gasteiger partial charge is 0.223 e. The molecule has 5 nitrogen and oxygen atoms in total. The van der Waals surface area contributed by atoms with Crippen LogP contribution >= 0.6 is 0 Å². The Morgan fingerprint density at radius 3 is 2.21 bits per heavy atom. The summed E-state index contributed by atoms with van der Waals surface area (Å²) in [5.41, 5.74) is 1.01. The molecule has 0 spiro atoms. The average Bonchev–Trinajstić information content (AvgIpc) is 2.83. The molecule has 19 heavy (non-hydrogen) atoms. The molecule has 1 amide bonds. The van der Waals surface area contributed by atoms with Gasteiger partial charge in [0.15, 0.2) is 11.5 Å². The molecule has 0 saturated carbocycles. The molecule has 1 aromatic carbocycles. The number of amides is 1. The van der Waals surface area contributed by atoms with Gasteiger partial charge in [0, 0.05) is 12.5 Å². The summed E-state index contributed by atoms with van der Waals surface area (Å²) in [6.45, 7) is 0.758. The summed E-state index contributed by atoms with van der Waals surface area (Å²) >= 11 is 0. The number of carbonyl (C=O) groups excluding carboxylic acids is 1. The van der Waals surface area contributed by atoms with Crippen LogP contribution in [0.3, 0.4) is 0 Å². The van der Waals surface area contributed by atoms with Crippen LogP contribution in [0.1, 0.15) is 12.0 Å². The third-order valence-electron chi connectivity index (χ3n) is 3.37. The summed E-state index contributed by atoms with van der Waals surface area (Å²) in [7, 11) is 4.75. The Morgan fingerprint density at radius 1 is 1.16 bits per heavy atom. The van der Waals surface area contributed by atoms with Gasteiger partial charge in [-0.1, -0.05) is 0 Å². The third kappa shape index (κ3) is 2.75. The molecule has 0 aliphatic carbocycles. The van der Waals surface area contributed by atoms with Crippen molar-refractivity contribution in [1.29, 1.82) is 0 Å². The second kappa shape index (κ2) is 5.82. The molecule has 0 bridgehead atoms. The van der Waals surface area contributed by atoms with Crippen LogP contribution in [0.25, 0.3) is 0 Å². The van der Waals surface area contributed by atoms with E-state index in [4.69, 9.17) is 14.2 Å². The lowest BCUT2D eigenvalue weighted by Gasteiger charge is -2.15. The van der Waals surface area contributed by atoms with Crippen LogP contribution < -0.4 is 19.5 Å². The molecule has 1 aromatic rings. The Bertz CT molecular complexity index is 448. The molecule has 1 atom stereocenters. The number of methoxy groups -OCH3 is 3. The van der Waals surface area contributed by atoms with Gasteiger partial charge in [0.1, 0.15) is 0 Å². The fraction of sp³-hybridized carbons (Fsp3) is 0.500. The van der Waals surface area contributed by atoms with Gasteiger partial charge in [-0.05, 0) is 30.5 Å². The van der Waals surface area contributed by atoms with Gasteiger partial charge in [-0.2, -0.15) is 0 Å². The Labute approximate surface area is 112 Å². The topological polar surface area (TPSA) is 56.8 Å². The number of nitrogens with one attached hydrogen (secondary N) is 1. The molecule has 1 heterocycles. The van der Waals surface area contributed by atoms with Gasteiger partial charge in [0.2, 0.25) is 11.7 Å². The number of benzene rings is 1. The van der Waals surface area contributed by atoms with E-state index in [9.17, 15) is 4.79 Å². The van der Waals surface area contributed by atoms with Crippen LogP contribution in [0, 0.1) is 5.92 Å². The molecule has 1 N–H and O–H groups in total. The Balaban J connectivity index is 2.28. The summed E-state index contributed by atoms with van der Waals surface area (Å²) < 4.78 is 15.9. The molecule has 0 unspecified atom stereocenters. The van der Waals surface area contributed by atoms with E-state index in [1.54, 1.807) is 21.3 Å². The van der Waals surface area contributed by atoms with Crippen molar-refractivity contribution < 1.29 is 19.0 Å². The van der Waals surface area contributed by atoms with E-state index in [0.717, 1.165) is 18.5 Å². The second-order valence-corrected chi connectivity index (χ2v) is 4.51. The van der Waals surface area contributed by atoms with E-state index >= 15 is 0 Å². The largest absolute Gasteiger partial charge is 0.493 e. The van der Waals surface area contributed by atoms with Crippen LogP contribution in [-0.4, -0.2) is 33.8 Å². The van der Waals surface area contributed by atoms with E-state index in [1.807, 2.05) is 12.1 Å². The highest BCUT2D eigenvalue weighted by Crippen LogP contribution is 2.38. The van der Waals surface area contributed by atoms with Gasteiger partial charge in [-0.3, -0.25) is 4.79 Å². The lowest BCUT2D eigenvalue weighted by molar-refractivity contribution is -0.122. The first-order valence-corrected chi connectivity index (χ1v) is 6.26. The fourth-order valence-electron chi connectivity index (χ4n) is 2.38. The highest BCUT2D eigenvalue weighted by Gasteiger charge is 2.25. The van der Waals surface area contributed by atoms with Crippen molar-refractivity contribution in [3.8, 4) is 17.2 Å². The average molecular weight is 265 g/mol. The van der Waals surface area contributed by atoms with Crippen molar-refractivity contribution in [2.75, 3.05) is 27.9 Å². The van der Waals surface area contributed by atoms with Crippen molar-refractivity contribution in [2.45, 2.75) is 12.8 Å². The van der Waals surface area contributed by atoms with Crippen molar-refractivity contribution in [3.05, 3.63) is 17.7 Å². The normalized spacial score (nSPS) is 18.1. The predicted molar refractivity (Wildman–Crippen MR) is 70.9 cm³/mol. The highest BCUT2D eigenvalue weighted by atomic mass is 16.5. The third-order valence-corrected chi connectivity index (χ3v) is 3.37. The zero-order valence-electron chi connectivity index (χ0n) is 11.5. The molecular weight excluding hydrogens is 246 g/mol. The minimum Gasteiger partial charge on any atom is -0.493 e. The maximum absolute atomic E-state index is 11.6. The molecule has 0 radical (unpaired) electrons. The fourth-order valence-corrected chi connectivity index (χ4v) is 2.38. The zero-order chi connectivity index (χ0) is 13.8.